The molecular formula is C55H30N4O2. The quantitative estimate of drug-likeness (QED) is 0.166. The molecule has 0 saturated heterocycles. The molecule has 4 heterocycles. The van der Waals surface area contributed by atoms with Crippen LogP contribution in [0.25, 0.3) is 138 Å². The largest absolute Gasteiger partial charge is 0.456 e. The van der Waals surface area contributed by atoms with Crippen LogP contribution in [0.3, 0.4) is 0 Å². The molecule has 0 aliphatic carbocycles. The zero-order chi connectivity index (χ0) is 39.8. The maximum absolute atomic E-state index is 6.52. The van der Waals surface area contributed by atoms with Crippen LogP contribution in [0, 0.1) is 0 Å². The molecule has 6 nitrogen and oxygen atoms in total. The number of benzene rings is 10. The highest BCUT2D eigenvalue weighted by Gasteiger charge is 2.21. The first-order chi connectivity index (χ1) is 30.2. The molecular weight excluding hydrogens is 749 g/mol. The molecule has 0 radical (unpaired) electrons. The van der Waals surface area contributed by atoms with Gasteiger partial charge in [0.2, 0.25) is 0 Å². The summed E-state index contributed by atoms with van der Waals surface area (Å²) < 4.78 is 15.3. The van der Waals surface area contributed by atoms with Crippen LogP contribution in [0.15, 0.2) is 191 Å². The van der Waals surface area contributed by atoms with Gasteiger partial charge in [-0.2, -0.15) is 0 Å². The third-order valence-corrected chi connectivity index (χ3v) is 12.6. The van der Waals surface area contributed by atoms with E-state index >= 15 is 0 Å². The zero-order valence-corrected chi connectivity index (χ0v) is 32.4. The van der Waals surface area contributed by atoms with Crippen LogP contribution in [-0.4, -0.2) is 19.5 Å². The minimum atomic E-state index is 0.533. The minimum absolute atomic E-state index is 0.533. The summed E-state index contributed by atoms with van der Waals surface area (Å²) in [5.74, 6) is 1.65. The van der Waals surface area contributed by atoms with Crippen molar-refractivity contribution in [2.45, 2.75) is 0 Å². The van der Waals surface area contributed by atoms with E-state index in [0.717, 1.165) is 88.1 Å². The van der Waals surface area contributed by atoms with E-state index < -0.39 is 0 Å². The third-order valence-electron chi connectivity index (χ3n) is 12.6. The number of furan rings is 2. The first kappa shape index (κ1) is 32.6. The van der Waals surface area contributed by atoms with Crippen LogP contribution >= 0.6 is 0 Å². The van der Waals surface area contributed by atoms with Gasteiger partial charge in [0.25, 0.3) is 0 Å². The van der Waals surface area contributed by atoms with E-state index in [1.54, 1.807) is 0 Å². The molecule has 0 saturated carbocycles. The molecule has 61 heavy (non-hydrogen) atoms. The topological polar surface area (TPSA) is 69.9 Å². The predicted octanol–water partition coefficient (Wildman–Crippen LogP) is 14.7. The average Bonchev–Trinajstić information content (AvgIpc) is 4.00. The first-order valence-electron chi connectivity index (χ1n) is 20.5. The molecule has 6 heteroatoms. The second kappa shape index (κ2) is 12.1. The van der Waals surface area contributed by atoms with E-state index in [2.05, 4.69) is 132 Å². The summed E-state index contributed by atoms with van der Waals surface area (Å²) in [5, 5.41) is 14.0. The Morgan fingerprint density at radius 3 is 1.75 bits per heavy atom. The summed E-state index contributed by atoms with van der Waals surface area (Å²) in [6.07, 6.45) is 0. The molecule has 0 N–H and O–H groups in total. The Balaban J connectivity index is 1.00. The monoisotopic (exact) mass is 778 g/mol. The Morgan fingerprint density at radius 2 is 0.918 bits per heavy atom. The number of para-hydroxylation sites is 4. The van der Waals surface area contributed by atoms with Crippen molar-refractivity contribution >= 4 is 98.0 Å². The standard InChI is InChI=1S/C55H30N4O2/c1-4-16-44-36(11-1)43-29-34(24-28-46(43)59(44)45-27-23-33-20-19-31-9-7-10-32-21-26-41(45)51(33)50(31)32)53-56-54(35-22-25-39-37-12-2-5-17-47(37)60-49(39)30-35)58-55(57-53)42-15-8-14-40-38-13-3-6-18-48(38)61-52(40)42/h1-30H. The molecule has 10 aromatic carbocycles. The van der Waals surface area contributed by atoms with Crippen LogP contribution in [0.1, 0.15) is 0 Å². The van der Waals surface area contributed by atoms with E-state index in [9.17, 15) is 0 Å². The second-order valence-electron chi connectivity index (χ2n) is 15.9. The summed E-state index contributed by atoms with van der Waals surface area (Å²) in [7, 11) is 0. The number of fused-ring (bicyclic) bond motifs is 9. The van der Waals surface area contributed by atoms with Crippen molar-refractivity contribution in [1.82, 2.24) is 19.5 Å². The highest BCUT2D eigenvalue weighted by Crippen LogP contribution is 2.42. The van der Waals surface area contributed by atoms with E-state index in [1.807, 2.05) is 54.6 Å². The molecule has 0 amide bonds. The molecule has 282 valence electrons. The molecule has 0 aliphatic rings. The fourth-order valence-corrected chi connectivity index (χ4v) is 9.83. The average molecular weight is 779 g/mol. The fourth-order valence-electron chi connectivity index (χ4n) is 9.83. The molecule has 0 atom stereocenters. The van der Waals surface area contributed by atoms with Crippen molar-refractivity contribution in [3.8, 4) is 39.9 Å². The van der Waals surface area contributed by atoms with Gasteiger partial charge in [0.05, 0.1) is 22.3 Å². The second-order valence-corrected chi connectivity index (χ2v) is 15.9. The molecule has 0 fully saturated rings. The molecule has 4 aromatic heterocycles. The van der Waals surface area contributed by atoms with Crippen molar-refractivity contribution < 1.29 is 8.83 Å². The predicted molar refractivity (Wildman–Crippen MR) is 249 cm³/mol. The molecule has 0 spiro atoms. The molecule has 0 unspecified atom stereocenters. The lowest BCUT2D eigenvalue weighted by Crippen LogP contribution is -2.00. The Kier molecular flexibility index (Phi) is 6.46. The van der Waals surface area contributed by atoms with Gasteiger partial charge in [-0.15, -0.1) is 0 Å². The van der Waals surface area contributed by atoms with Gasteiger partial charge >= 0.3 is 0 Å². The van der Waals surface area contributed by atoms with Gasteiger partial charge in [-0.25, -0.2) is 15.0 Å². The molecule has 0 bridgehead atoms. The summed E-state index contributed by atoms with van der Waals surface area (Å²) in [4.78, 5) is 15.6. The third kappa shape index (κ3) is 4.64. The van der Waals surface area contributed by atoms with E-state index in [-0.39, 0.29) is 0 Å². The molecule has 14 aromatic rings. The zero-order valence-electron chi connectivity index (χ0n) is 32.4. The van der Waals surface area contributed by atoms with E-state index in [1.165, 1.54) is 32.3 Å². The van der Waals surface area contributed by atoms with Gasteiger partial charge in [-0.3, -0.25) is 0 Å². The fraction of sp³-hybridized carbons (Fsp3) is 0. The van der Waals surface area contributed by atoms with Gasteiger partial charge in [0, 0.05) is 48.8 Å². The Hall–Kier alpha value is -8.35. The van der Waals surface area contributed by atoms with Gasteiger partial charge in [0.15, 0.2) is 17.5 Å². The van der Waals surface area contributed by atoms with Crippen LogP contribution in [-0.2, 0) is 0 Å². The highest BCUT2D eigenvalue weighted by molar-refractivity contribution is 6.25. The Bertz CT molecular complexity index is 4120. The number of nitrogens with zero attached hydrogens (tertiary/aromatic N) is 4. The Morgan fingerprint density at radius 1 is 0.344 bits per heavy atom. The number of rotatable bonds is 4. The maximum Gasteiger partial charge on any atom is 0.167 e. The highest BCUT2D eigenvalue weighted by atomic mass is 16.3. The normalized spacial score (nSPS) is 12.3. The summed E-state index contributed by atoms with van der Waals surface area (Å²) in [6.45, 7) is 0. The van der Waals surface area contributed by atoms with E-state index in [0.29, 0.717) is 17.5 Å². The number of hydrogen-bond donors (Lipinski definition) is 0. The SMILES string of the molecule is c1cc2ccc3ccc(-n4c5ccccc5c5cc(-c6nc(-c7ccc8c(c7)oc7ccccc78)nc(-c7cccc8c7oc7ccccc78)n6)ccc54)c4ccc(c1)c2c34. The van der Waals surface area contributed by atoms with Crippen molar-refractivity contribution in [3.63, 3.8) is 0 Å². The summed E-state index contributed by atoms with van der Waals surface area (Å²) in [6, 6.07) is 64.0. The van der Waals surface area contributed by atoms with Crippen molar-refractivity contribution in [2.75, 3.05) is 0 Å². The van der Waals surface area contributed by atoms with Crippen LogP contribution in [0.4, 0.5) is 0 Å². The van der Waals surface area contributed by atoms with Crippen molar-refractivity contribution in [2.24, 2.45) is 0 Å². The number of hydrogen-bond acceptors (Lipinski definition) is 5. The number of aromatic nitrogens is 4. The van der Waals surface area contributed by atoms with Crippen LogP contribution < -0.4 is 0 Å². The lowest BCUT2D eigenvalue weighted by molar-refractivity contribution is 0.668. The lowest BCUT2D eigenvalue weighted by atomic mass is 9.93. The van der Waals surface area contributed by atoms with Gasteiger partial charge in [-0.05, 0) is 87.6 Å². The Labute approximate surface area is 346 Å². The minimum Gasteiger partial charge on any atom is -0.456 e. The maximum atomic E-state index is 6.52. The van der Waals surface area contributed by atoms with Crippen LogP contribution in [0.2, 0.25) is 0 Å². The van der Waals surface area contributed by atoms with E-state index in [4.69, 9.17) is 23.8 Å². The lowest BCUT2D eigenvalue weighted by Gasteiger charge is -2.16. The van der Waals surface area contributed by atoms with Gasteiger partial charge in [0.1, 0.15) is 22.3 Å². The van der Waals surface area contributed by atoms with Gasteiger partial charge < -0.3 is 13.4 Å². The molecule has 0 aliphatic heterocycles. The van der Waals surface area contributed by atoms with Crippen molar-refractivity contribution in [1.29, 1.82) is 0 Å². The summed E-state index contributed by atoms with van der Waals surface area (Å²) >= 11 is 0. The van der Waals surface area contributed by atoms with Gasteiger partial charge in [-0.1, -0.05) is 121 Å². The van der Waals surface area contributed by atoms with Crippen LogP contribution in [0.5, 0.6) is 0 Å². The summed E-state index contributed by atoms with van der Waals surface area (Å²) in [5.41, 5.74) is 9.10. The smallest absolute Gasteiger partial charge is 0.167 e. The van der Waals surface area contributed by atoms with Crippen molar-refractivity contribution in [3.05, 3.63) is 182 Å². The first-order valence-corrected chi connectivity index (χ1v) is 20.5. The molecule has 14 rings (SSSR count).